The first-order chi connectivity index (χ1) is 9.84. The summed E-state index contributed by atoms with van der Waals surface area (Å²) in [6.45, 7) is 10.2. The number of nitrogens with zero attached hydrogens (tertiary/aromatic N) is 1. The van der Waals surface area contributed by atoms with E-state index in [1.807, 2.05) is 25.7 Å². The lowest BCUT2D eigenvalue weighted by molar-refractivity contribution is -0.0946. The Hall–Kier alpha value is -0.770. The molecule has 4 nitrogen and oxygen atoms in total. The monoisotopic (exact) mass is 297 g/mol. The molecule has 0 N–H and O–H groups in total. The Balaban J connectivity index is 1.87. The zero-order chi connectivity index (χ0) is 15.5. The van der Waals surface area contributed by atoms with Crippen LogP contribution in [0.1, 0.15) is 66.2 Å². The van der Waals surface area contributed by atoms with Gasteiger partial charge in [-0.3, -0.25) is 0 Å². The van der Waals surface area contributed by atoms with Gasteiger partial charge >= 0.3 is 6.09 Å². The van der Waals surface area contributed by atoms with Crippen molar-refractivity contribution < 1.29 is 14.3 Å². The summed E-state index contributed by atoms with van der Waals surface area (Å²) in [6.07, 6.45) is 6.71. The molecule has 122 valence electrons. The molecule has 0 radical (unpaired) electrons. The van der Waals surface area contributed by atoms with E-state index in [9.17, 15) is 4.79 Å². The zero-order valence-electron chi connectivity index (χ0n) is 14.1. The molecule has 0 spiro atoms. The third kappa shape index (κ3) is 5.17. The zero-order valence-corrected chi connectivity index (χ0v) is 14.1. The molecule has 2 aliphatic rings. The maximum atomic E-state index is 12.3. The quantitative estimate of drug-likeness (QED) is 0.770. The second-order valence-corrected chi connectivity index (χ2v) is 7.62. The molecule has 1 unspecified atom stereocenters. The molecule has 2 fully saturated rings. The number of carbonyl (C=O) groups excluding carboxylic acids is 1. The van der Waals surface area contributed by atoms with Crippen molar-refractivity contribution in [3.63, 3.8) is 0 Å². The van der Waals surface area contributed by atoms with Crippen LogP contribution in [-0.2, 0) is 9.47 Å². The minimum Gasteiger partial charge on any atom is -0.444 e. The van der Waals surface area contributed by atoms with Gasteiger partial charge in [-0.1, -0.05) is 19.8 Å². The van der Waals surface area contributed by atoms with Crippen LogP contribution in [0.25, 0.3) is 0 Å². The normalized spacial score (nSPS) is 26.8. The lowest BCUT2D eigenvalue weighted by Gasteiger charge is -2.42. The molecule has 0 bridgehead atoms. The average molecular weight is 297 g/mol. The molecule has 0 aromatic carbocycles. The molecular formula is C17H31NO3. The number of hydrogen-bond donors (Lipinski definition) is 0. The van der Waals surface area contributed by atoms with E-state index in [-0.39, 0.29) is 11.7 Å². The van der Waals surface area contributed by atoms with Crippen LogP contribution in [0.2, 0.25) is 0 Å². The van der Waals surface area contributed by atoms with E-state index in [0.717, 1.165) is 38.3 Å². The third-order valence-corrected chi connectivity index (χ3v) is 4.47. The second-order valence-electron chi connectivity index (χ2n) is 7.62. The number of rotatable bonds is 5. The van der Waals surface area contributed by atoms with E-state index >= 15 is 0 Å². The topological polar surface area (TPSA) is 38.8 Å². The van der Waals surface area contributed by atoms with E-state index in [2.05, 4.69) is 6.92 Å². The Morgan fingerprint density at radius 3 is 2.62 bits per heavy atom. The van der Waals surface area contributed by atoms with Crippen LogP contribution in [0, 0.1) is 5.92 Å². The molecule has 1 atom stereocenters. The fourth-order valence-corrected chi connectivity index (χ4v) is 2.94. The summed E-state index contributed by atoms with van der Waals surface area (Å²) in [7, 11) is 0. The largest absolute Gasteiger partial charge is 0.444 e. The summed E-state index contributed by atoms with van der Waals surface area (Å²) >= 11 is 0. The molecule has 1 saturated heterocycles. The van der Waals surface area contributed by atoms with Crippen LogP contribution in [0.5, 0.6) is 0 Å². The van der Waals surface area contributed by atoms with E-state index in [0.29, 0.717) is 6.54 Å². The van der Waals surface area contributed by atoms with Crippen LogP contribution in [-0.4, -0.2) is 41.9 Å². The fraction of sp³-hybridized carbons (Fsp3) is 0.941. The number of ether oxygens (including phenoxy) is 2. The first kappa shape index (κ1) is 16.6. The molecule has 0 aromatic rings. The first-order valence-corrected chi connectivity index (χ1v) is 8.45. The lowest BCUT2D eigenvalue weighted by atomic mass is 9.90. The second kappa shape index (κ2) is 6.55. The van der Waals surface area contributed by atoms with Gasteiger partial charge in [0.1, 0.15) is 5.60 Å². The number of piperidine rings is 1. The van der Waals surface area contributed by atoms with Crippen molar-refractivity contribution in [2.75, 3.05) is 19.7 Å². The Morgan fingerprint density at radius 1 is 1.33 bits per heavy atom. The SMILES string of the molecule is CCC1(OCCC2CC2)CCCN(C(=O)OC(C)(C)C)C1. The molecular weight excluding hydrogens is 266 g/mol. The number of likely N-dealkylation sites (tertiary alicyclic amines) is 1. The first-order valence-electron chi connectivity index (χ1n) is 8.45. The molecule has 1 heterocycles. The number of carbonyl (C=O) groups is 1. The highest BCUT2D eigenvalue weighted by Crippen LogP contribution is 2.34. The number of hydrogen-bond acceptors (Lipinski definition) is 3. The Kier molecular flexibility index (Phi) is 5.18. The van der Waals surface area contributed by atoms with Gasteiger partial charge in [0.2, 0.25) is 0 Å². The maximum absolute atomic E-state index is 12.3. The summed E-state index contributed by atoms with van der Waals surface area (Å²) in [5.74, 6) is 0.893. The third-order valence-electron chi connectivity index (χ3n) is 4.47. The van der Waals surface area contributed by atoms with Crippen LogP contribution in [0.15, 0.2) is 0 Å². The smallest absolute Gasteiger partial charge is 0.410 e. The summed E-state index contributed by atoms with van der Waals surface area (Å²) < 4.78 is 11.7. The number of amides is 1. The standard InChI is InChI=1S/C17H31NO3/c1-5-17(20-12-9-14-7-8-14)10-6-11-18(13-17)15(19)21-16(2,3)4/h14H,5-13H2,1-4H3. The van der Waals surface area contributed by atoms with Crippen molar-refractivity contribution in [3.05, 3.63) is 0 Å². The molecule has 1 saturated carbocycles. The highest BCUT2D eigenvalue weighted by molar-refractivity contribution is 5.68. The maximum Gasteiger partial charge on any atom is 0.410 e. The van der Waals surface area contributed by atoms with Gasteiger partial charge in [-0.15, -0.1) is 0 Å². The fourth-order valence-electron chi connectivity index (χ4n) is 2.94. The molecule has 1 aliphatic carbocycles. The molecule has 21 heavy (non-hydrogen) atoms. The van der Waals surface area contributed by atoms with Crippen LogP contribution < -0.4 is 0 Å². The van der Waals surface area contributed by atoms with Crippen LogP contribution in [0.3, 0.4) is 0 Å². The van der Waals surface area contributed by atoms with Crippen molar-refractivity contribution in [1.29, 1.82) is 0 Å². The van der Waals surface area contributed by atoms with Gasteiger partial charge in [-0.25, -0.2) is 4.79 Å². The average Bonchev–Trinajstić information content (AvgIpc) is 3.21. The molecule has 1 aliphatic heterocycles. The Labute approximate surface area is 129 Å². The minimum atomic E-state index is -0.434. The predicted octanol–water partition coefficient (Wildman–Crippen LogP) is 3.98. The summed E-state index contributed by atoms with van der Waals surface area (Å²) in [6, 6.07) is 0. The molecule has 4 heteroatoms. The van der Waals surface area contributed by atoms with Crippen molar-refractivity contribution in [2.45, 2.75) is 77.4 Å². The summed E-state index contributed by atoms with van der Waals surface area (Å²) in [5.41, 5.74) is -0.597. The molecule has 2 rings (SSSR count). The van der Waals surface area contributed by atoms with Gasteiger partial charge in [-0.05, 0) is 52.4 Å². The van der Waals surface area contributed by atoms with Gasteiger partial charge in [0.25, 0.3) is 0 Å². The van der Waals surface area contributed by atoms with E-state index < -0.39 is 5.60 Å². The van der Waals surface area contributed by atoms with E-state index in [1.165, 1.54) is 19.3 Å². The van der Waals surface area contributed by atoms with Gasteiger partial charge in [0.05, 0.1) is 12.1 Å². The van der Waals surface area contributed by atoms with Crippen molar-refractivity contribution in [1.82, 2.24) is 4.90 Å². The molecule has 0 aromatic heterocycles. The lowest BCUT2D eigenvalue weighted by Crippen LogP contribution is -2.52. The van der Waals surface area contributed by atoms with Crippen molar-refractivity contribution >= 4 is 6.09 Å². The Bertz CT molecular complexity index is 360. The van der Waals surface area contributed by atoms with Gasteiger partial charge < -0.3 is 14.4 Å². The molecule has 1 amide bonds. The minimum absolute atomic E-state index is 0.163. The van der Waals surface area contributed by atoms with Gasteiger partial charge in [0, 0.05) is 13.2 Å². The Morgan fingerprint density at radius 2 is 2.05 bits per heavy atom. The van der Waals surface area contributed by atoms with Gasteiger partial charge in [0.15, 0.2) is 0 Å². The van der Waals surface area contributed by atoms with Crippen molar-refractivity contribution in [2.24, 2.45) is 5.92 Å². The van der Waals surface area contributed by atoms with E-state index in [4.69, 9.17) is 9.47 Å². The van der Waals surface area contributed by atoms with Gasteiger partial charge in [-0.2, -0.15) is 0 Å². The van der Waals surface area contributed by atoms with E-state index in [1.54, 1.807) is 0 Å². The van der Waals surface area contributed by atoms with Crippen LogP contribution >= 0.6 is 0 Å². The highest BCUT2D eigenvalue weighted by atomic mass is 16.6. The summed E-state index contributed by atoms with van der Waals surface area (Å²) in [4.78, 5) is 14.1. The predicted molar refractivity (Wildman–Crippen MR) is 83.4 cm³/mol. The van der Waals surface area contributed by atoms with Crippen molar-refractivity contribution in [3.8, 4) is 0 Å². The van der Waals surface area contributed by atoms with Crippen LogP contribution in [0.4, 0.5) is 4.79 Å². The summed E-state index contributed by atoms with van der Waals surface area (Å²) in [5, 5.41) is 0. The highest BCUT2D eigenvalue weighted by Gasteiger charge is 2.38.